The Labute approximate surface area is 151 Å². The highest BCUT2D eigenvalue weighted by Gasteiger charge is 2.17. The summed E-state index contributed by atoms with van der Waals surface area (Å²) in [6, 6.07) is 15.4. The lowest BCUT2D eigenvalue weighted by molar-refractivity contribution is 0.0959. The average Bonchev–Trinajstić information content (AvgIpc) is 2.89. The van der Waals surface area contributed by atoms with Crippen molar-refractivity contribution < 1.29 is 4.79 Å². The van der Waals surface area contributed by atoms with Crippen molar-refractivity contribution in [3.8, 4) is 0 Å². The molecule has 1 amide bonds. The van der Waals surface area contributed by atoms with Gasteiger partial charge in [0.25, 0.3) is 5.91 Å². The highest BCUT2D eigenvalue weighted by atomic mass is 79.9. The molecule has 2 aromatic carbocycles. The van der Waals surface area contributed by atoms with E-state index in [0.717, 1.165) is 25.8 Å². The first kappa shape index (κ1) is 16.2. The Kier molecular flexibility index (Phi) is 4.80. The number of halogens is 2. The van der Waals surface area contributed by atoms with Crippen LogP contribution in [0.2, 0.25) is 5.02 Å². The number of benzene rings is 2. The summed E-state index contributed by atoms with van der Waals surface area (Å²) >= 11 is 11.1. The molecule has 0 unspecified atom stereocenters. The van der Waals surface area contributed by atoms with E-state index in [9.17, 15) is 4.79 Å². The van der Waals surface area contributed by atoms with Gasteiger partial charge >= 0.3 is 0 Å². The summed E-state index contributed by atoms with van der Waals surface area (Å²) in [5, 5.41) is 5.49. The van der Waals surface area contributed by atoms with Crippen LogP contribution in [0.3, 0.4) is 0 Å². The van der Waals surface area contributed by atoms with Crippen molar-refractivity contribution in [2.24, 2.45) is 5.10 Å². The van der Waals surface area contributed by atoms with E-state index >= 15 is 0 Å². The van der Waals surface area contributed by atoms with Crippen LogP contribution in [0.4, 0.5) is 0 Å². The number of rotatable bonds is 3. The van der Waals surface area contributed by atoms with Crippen LogP contribution in [0.15, 0.2) is 58.1 Å². The van der Waals surface area contributed by atoms with E-state index in [2.05, 4.69) is 26.5 Å². The van der Waals surface area contributed by atoms with Crippen LogP contribution in [0.1, 0.15) is 22.2 Å². The van der Waals surface area contributed by atoms with Crippen LogP contribution in [0, 0.1) is 0 Å². The molecule has 3 nitrogen and oxygen atoms in total. The second-order valence-electron chi connectivity index (χ2n) is 4.89. The molecular formula is C17H12BrClN2OS. The molecule has 1 heterocycles. The molecule has 0 radical (unpaired) electrons. The molecule has 0 aliphatic carbocycles. The van der Waals surface area contributed by atoms with E-state index in [1.807, 2.05) is 55.5 Å². The van der Waals surface area contributed by atoms with Crippen molar-refractivity contribution in [2.45, 2.75) is 6.92 Å². The van der Waals surface area contributed by atoms with Gasteiger partial charge in [-0.15, -0.1) is 11.3 Å². The number of hydrogen-bond donors (Lipinski definition) is 1. The van der Waals surface area contributed by atoms with Crippen molar-refractivity contribution in [3.63, 3.8) is 0 Å². The molecule has 0 spiro atoms. The SMILES string of the molecule is CC(=NNC(=O)c1sc2cc(Br)ccc2c1Cl)c1ccccc1. The number of carbonyl (C=O) groups excluding carboxylic acids is 1. The molecule has 0 saturated carbocycles. The summed E-state index contributed by atoms with van der Waals surface area (Å²) in [7, 11) is 0. The van der Waals surface area contributed by atoms with Crippen LogP contribution in [0.25, 0.3) is 10.1 Å². The Morgan fingerprint density at radius 3 is 2.70 bits per heavy atom. The van der Waals surface area contributed by atoms with Gasteiger partial charge in [-0.3, -0.25) is 4.79 Å². The van der Waals surface area contributed by atoms with Gasteiger partial charge in [0.05, 0.1) is 10.7 Å². The number of amides is 1. The molecule has 0 bridgehead atoms. The van der Waals surface area contributed by atoms with Gasteiger partial charge < -0.3 is 0 Å². The van der Waals surface area contributed by atoms with Crippen LogP contribution < -0.4 is 5.43 Å². The summed E-state index contributed by atoms with van der Waals surface area (Å²) < 4.78 is 1.91. The molecule has 1 N–H and O–H groups in total. The van der Waals surface area contributed by atoms with Crippen LogP contribution in [-0.2, 0) is 0 Å². The normalized spacial score (nSPS) is 11.7. The van der Waals surface area contributed by atoms with Gasteiger partial charge in [-0.05, 0) is 24.6 Å². The average molecular weight is 408 g/mol. The maximum atomic E-state index is 12.4. The lowest BCUT2D eigenvalue weighted by atomic mass is 10.1. The molecule has 0 fully saturated rings. The number of nitrogens with one attached hydrogen (secondary N) is 1. The summed E-state index contributed by atoms with van der Waals surface area (Å²) in [4.78, 5) is 12.8. The first-order valence-corrected chi connectivity index (χ1v) is 8.82. The highest BCUT2D eigenvalue weighted by Crippen LogP contribution is 2.36. The molecule has 0 atom stereocenters. The molecule has 6 heteroatoms. The predicted octanol–water partition coefficient (Wildman–Crippen LogP) is 5.47. The highest BCUT2D eigenvalue weighted by molar-refractivity contribution is 9.10. The molecule has 1 aromatic heterocycles. The van der Waals surface area contributed by atoms with Gasteiger partial charge in [-0.2, -0.15) is 5.10 Å². The molecule has 0 aliphatic heterocycles. The first-order valence-electron chi connectivity index (χ1n) is 6.84. The van der Waals surface area contributed by atoms with Crippen molar-refractivity contribution in [3.05, 3.63) is 68.5 Å². The third kappa shape index (κ3) is 3.47. The maximum Gasteiger partial charge on any atom is 0.283 e. The van der Waals surface area contributed by atoms with Gasteiger partial charge in [-0.1, -0.05) is 63.9 Å². The largest absolute Gasteiger partial charge is 0.283 e. The zero-order valence-corrected chi connectivity index (χ0v) is 15.3. The standard InChI is InChI=1S/C17H12BrClN2OS/c1-10(11-5-3-2-4-6-11)20-21-17(22)16-15(19)13-8-7-12(18)9-14(13)23-16/h2-9H,1H3,(H,21,22). The third-order valence-corrected chi connectivity index (χ3v) is 5.46. The number of hydrogen-bond acceptors (Lipinski definition) is 3. The third-order valence-electron chi connectivity index (χ3n) is 3.31. The molecule has 0 saturated heterocycles. The lowest BCUT2D eigenvalue weighted by Gasteiger charge is -2.02. The molecule has 23 heavy (non-hydrogen) atoms. The van der Waals surface area contributed by atoms with E-state index in [1.165, 1.54) is 11.3 Å². The number of thiophene rings is 1. The fourth-order valence-corrected chi connectivity index (χ4v) is 4.07. The molecule has 116 valence electrons. The number of hydrazone groups is 1. The van der Waals surface area contributed by atoms with Gasteiger partial charge in [0.15, 0.2) is 0 Å². The fourth-order valence-electron chi connectivity index (χ4n) is 2.11. The minimum atomic E-state index is -0.303. The lowest BCUT2D eigenvalue weighted by Crippen LogP contribution is -2.18. The summed E-state index contributed by atoms with van der Waals surface area (Å²) in [6.07, 6.45) is 0. The van der Waals surface area contributed by atoms with E-state index in [4.69, 9.17) is 11.6 Å². The van der Waals surface area contributed by atoms with Crippen LogP contribution in [0.5, 0.6) is 0 Å². The first-order chi connectivity index (χ1) is 11.1. The van der Waals surface area contributed by atoms with Crippen LogP contribution >= 0.6 is 38.9 Å². The zero-order chi connectivity index (χ0) is 16.4. The molecule has 3 aromatic rings. The van der Waals surface area contributed by atoms with Crippen molar-refractivity contribution in [1.82, 2.24) is 5.43 Å². The summed E-state index contributed by atoms with van der Waals surface area (Å²) in [5.74, 6) is -0.303. The minimum absolute atomic E-state index is 0.303. The Bertz CT molecular complexity index is 906. The van der Waals surface area contributed by atoms with Crippen molar-refractivity contribution >= 4 is 60.6 Å². The Morgan fingerprint density at radius 2 is 1.96 bits per heavy atom. The van der Waals surface area contributed by atoms with Gasteiger partial charge in [0.2, 0.25) is 0 Å². The van der Waals surface area contributed by atoms with Gasteiger partial charge in [-0.25, -0.2) is 5.43 Å². The second kappa shape index (κ2) is 6.83. The second-order valence-corrected chi connectivity index (χ2v) is 7.24. The number of fused-ring (bicyclic) bond motifs is 1. The van der Waals surface area contributed by atoms with E-state index in [-0.39, 0.29) is 5.91 Å². The molecular weight excluding hydrogens is 396 g/mol. The summed E-state index contributed by atoms with van der Waals surface area (Å²) in [6.45, 7) is 1.85. The monoisotopic (exact) mass is 406 g/mol. The minimum Gasteiger partial charge on any atom is -0.266 e. The van der Waals surface area contributed by atoms with Gasteiger partial charge in [0.1, 0.15) is 4.88 Å². The number of nitrogens with zero attached hydrogens (tertiary/aromatic N) is 1. The maximum absolute atomic E-state index is 12.4. The smallest absolute Gasteiger partial charge is 0.266 e. The van der Waals surface area contributed by atoms with Crippen molar-refractivity contribution in [1.29, 1.82) is 0 Å². The Hall–Kier alpha value is -1.69. The zero-order valence-electron chi connectivity index (χ0n) is 12.1. The number of carbonyl (C=O) groups is 1. The Balaban J connectivity index is 1.85. The fraction of sp³-hybridized carbons (Fsp3) is 0.0588. The Morgan fingerprint density at radius 1 is 1.22 bits per heavy atom. The topological polar surface area (TPSA) is 41.5 Å². The van der Waals surface area contributed by atoms with Gasteiger partial charge in [0, 0.05) is 14.6 Å². The van der Waals surface area contributed by atoms with E-state index in [0.29, 0.717) is 9.90 Å². The van der Waals surface area contributed by atoms with Crippen molar-refractivity contribution in [2.75, 3.05) is 0 Å². The predicted molar refractivity (Wildman–Crippen MR) is 101 cm³/mol. The van der Waals surface area contributed by atoms with E-state index in [1.54, 1.807) is 0 Å². The molecule has 0 aliphatic rings. The summed E-state index contributed by atoms with van der Waals surface area (Å²) in [5.41, 5.74) is 4.27. The quantitative estimate of drug-likeness (QED) is 0.454. The van der Waals surface area contributed by atoms with Crippen LogP contribution in [-0.4, -0.2) is 11.6 Å². The molecule has 3 rings (SSSR count). The van der Waals surface area contributed by atoms with E-state index < -0.39 is 0 Å².